The third-order valence-electron chi connectivity index (χ3n) is 3.45. The molecular weight excluding hydrogens is 450 g/mol. The Morgan fingerprint density at radius 1 is 0.862 bits per heavy atom. The van der Waals surface area contributed by atoms with E-state index in [9.17, 15) is 22.9 Å². The number of carboxylic acid groups (broad SMARTS) is 1. The number of aromatic nitrogens is 2. The first-order valence-corrected chi connectivity index (χ1v) is 8.96. The van der Waals surface area contributed by atoms with Crippen molar-refractivity contribution in [1.82, 2.24) is 9.97 Å². The van der Waals surface area contributed by atoms with E-state index in [4.69, 9.17) is 0 Å². The van der Waals surface area contributed by atoms with Crippen molar-refractivity contribution in [2.75, 3.05) is 10.6 Å². The molecule has 3 aromatic rings. The summed E-state index contributed by atoms with van der Waals surface area (Å²) in [7, 11) is -4.50. The van der Waals surface area contributed by atoms with Gasteiger partial charge < -0.3 is 25.1 Å². The zero-order valence-corrected chi connectivity index (χ0v) is 22.7. The van der Waals surface area contributed by atoms with Crippen LogP contribution in [-0.4, -0.2) is 28.9 Å². The quantitative estimate of drug-likeness (QED) is 0.272. The summed E-state index contributed by atoms with van der Waals surface area (Å²) in [5.41, 5.74) is 1.17. The first-order chi connectivity index (χ1) is 12.8. The fraction of sp³-hybridized carbons (Fsp3) is 0. The third-order valence-corrected chi connectivity index (χ3v) is 4.30. The molecule has 0 unspecified atom stereocenters. The van der Waals surface area contributed by atoms with Crippen molar-refractivity contribution >= 4 is 39.2 Å². The average molecular weight is 463 g/mol. The number of nitrogens with zero attached hydrogens (tertiary/aromatic N) is 2. The van der Waals surface area contributed by atoms with Crippen LogP contribution in [0.25, 0.3) is 0 Å². The maximum absolute atomic E-state index is 10.9. The van der Waals surface area contributed by atoms with Gasteiger partial charge in [0.05, 0.1) is 10.9 Å². The number of nitrogens with one attached hydrogen (secondary N) is 2. The van der Waals surface area contributed by atoms with Gasteiger partial charge in [-0.1, -0.05) is 12.1 Å². The van der Waals surface area contributed by atoms with Crippen LogP contribution in [0, 0.1) is 0 Å². The third kappa shape index (κ3) is 8.08. The summed E-state index contributed by atoms with van der Waals surface area (Å²) in [6, 6.07) is 12.8. The summed E-state index contributed by atoms with van der Waals surface area (Å²) in [6.07, 6.45) is 1.50. The summed E-state index contributed by atoms with van der Waals surface area (Å²) in [5.74, 6) is -0.573. The molecule has 0 amide bonds. The van der Waals surface area contributed by atoms with Gasteiger partial charge in [-0.15, -0.1) is 0 Å². The topological polar surface area (TPSA) is 147 Å². The molecule has 0 bridgehead atoms. The molecule has 9 nitrogen and oxygen atoms in total. The fourth-order valence-electron chi connectivity index (χ4n) is 2.16. The smallest absolute Gasteiger partial charge is 0.744 e. The van der Waals surface area contributed by atoms with Gasteiger partial charge >= 0.3 is 103 Å². The predicted octanol–water partition coefficient (Wildman–Crippen LogP) is -4.76. The van der Waals surface area contributed by atoms with E-state index < -0.39 is 16.1 Å². The van der Waals surface area contributed by atoms with Crippen molar-refractivity contribution in [2.45, 2.75) is 4.90 Å². The van der Waals surface area contributed by atoms with Crippen molar-refractivity contribution in [3.05, 3.63) is 66.4 Å². The van der Waals surface area contributed by atoms with E-state index >= 15 is 0 Å². The van der Waals surface area contributed by atoms with Gasteiger partial charge in [0, 0.05) is 17.6 Å². The average Bonchev–Trinajstić information content (AvgIpc) is 2.62. The minimum atomic E-state index is -4.50. The van der Waals surface area contributed by atoms with Crippen LogP contribution in [0.4, 0.5) is 23.1 Å². The molecule has 2 aromatic carbocycles. The molecular formula is C17H12K2N4O5S. The second-order valence-electron chi connectivity index (χ2n) is 5.36. The largest absolute Gasteiger partial charge is 1.00 e. The summed E-state index contributed by atoms with van der Waals surface area (Å²) in [6.45, 7) is 0. The minimum absolute atomic E-state index is 0. The number of hydrogen-bond acceptors (Lipinski definition) is 9. The Hall–Kier alpha value is -0.227. The van der Waals surface area contributed by atoms with Crippen molar-refractivity contribution < 1.29 is 126 Å². The van der Waals surface area contributed by atoms with Crippen molar-refractivity contribution in [3.63, 3.8) is 0 Å². The Balaban J connectivity index is 0.00000210. The predicted molar refractivity (Wildman–Crippen MR) is 93.8 cm³/mol. The normalized spacial score (nSPS) is 10.2. The van der Waals surface area contributed by atoms with Gasteiger partial charge in [-0.2, -0.15) is 4.98 Å². The Morgan fingerprint density at radius 3 is 1.97 bits per heavy atom. The minimum Gasteiger partial charge on any atom is -0.744 e. The number of carbonyl (C=O) groups excluding carboxylic acids is 1. The molecule has 0 saturated heterocycles. The number of rotatable bonds is 6. The number of aromatic carboxylic acids is 1. The van der Waals surface area contributed by atoms with Crippen molar-refractivity contribution in [2.24, 2.45) is 0 Å². The number of carboxylic acids is 1. The zero-order valence-electron chi connectivity index (χ0n) is 15.6. The van der Waals surface area contributed by atoms with Crippen LogP contribution in [0.3, 0.4) is 0 Å². The van der Waals surface area contributed by atoms with Crippen LogP contribution in [-0.2, 0) is 10.1 Å². The molecule has 0 spiro atoms. The Bertz CT molecular complexity index is 1080. The molecule has 0 aliphatic carbocycles. The van der Waals surface area contributed by atoms with Crippen LogP contribution >= 0.6 is 0 Å². The van der Waals surface area contributed by atoms with E-state index in [1.807, 2.05) is 0 Å². The van der Waals surface area contributed by atoms with Crippen LogP contribution in [0.2, 0.25) is 0 Å². The van der Waals surface area contributed by atoms with Crippen molar-refractivity contribution in [1.29, 1.82) is 0 Å². The zero-order chi connectivity index (χ0) is 19.4. The number of hydrogen-bond donors (Lipinski definition) is 2. The van der Waals surface area contributed by atoms with E-state index in [-0.39, 0.29) is 119 Å². The molecule has 0 aliphatic heterocycles. The van der Waals surface area contributed by atoms with E-state index in [0.29, 0.717) is 17.2 Å². The second-order valence-corrected chi connectivity index (χ2v) is 6.74. The van der Waals surface area contributed by atoms with Gasteiger partial charge in [-0.3, -0.25) is 0 Å². The van der Waals surface area contributed by atoms with Gasteiger partial charge in [-0.05, 0) is 48.0 Å². The van der Waals surface area contributed by atoms with Crippen LogP contribution < -0.4 is 119 Å². The standard InChI is InChI=1S/C17H14N4O5S.2K/c22-16(23)11-1-3-13(4-2-11)20-17-18-10-9-15(21-17)19-12-5-7-14(8-6-12)27(24,25)26;;/h1-10H,(H,22,23)(H,24,25,26)(H2,18,19,20,21);;/q;2*+1/p-2. The molecule has 1 aromatic heterocycles. The molecule has 0 radical (unpaired) electrons. The first kappa shape index (κ1) is 26.8. The molecule has 0 saturated carbocycles. The maximum Gasteiger partial charge on any atom is 1.00 e. The second kappa shape index (κ2) is 12.0. The van der Waals surface area contributed by atoms with Gasteiger partial charge in [0.15, 0.2) is 0 Å². The molecule has 29 heavy (non-hydrogen) atoms. The van der Waals surface area contributed by atoms with Crippen molar-refractivity contribution in [3.8, 4) is 0 Å². The maximum atomic E-state index is 10.9. The molecule has 3 rings (SSSR count). The summed E-state index contributed by atoms with van der Waals surface area (Å²) in [4.78, 5) is 18.7. The summed E-state index contributed by atoms with van der Waals surface area (Å²) in [5, 5.41) is 16.6. The van der Waals surface area contributed by atoms with E-state index in [1.165, 1.54) is 42.6 Å². The number of carbonyl (C=O) groups is 1. The Labute approximate surface area is 252 Å². The number of benzene rings is 2. The molecule has 1 heterocycles. The monoisotopic (exact) mass is 462 g/mol. The van der Waals surface area contributed by atoms with E-state index in [0.717, 1.165) is 0 Å². The summed E-state index contributed by atoms with van der Waals surface area (Å²) >= 11 is 0. The number of anilines is 4. The van der Waals surface area contributed by atoms with Gasteiger partial charge in [0.25, 0.3) is 0 Å². The molecule has 2 N–H and O–H groups in total. The van der Waals surface area contributed by atoms with Crippen LogP contribution in [0.5, 0.6) is 0 Å². The van der Waals surface area contributed by atoms with E-state index in [1.54, 1.807) is 18.2 Å². The first-order valence-electron chi connectivity index (χ1n) is 7.56. The Morgan fingerprint density at radius 2 is 1.41 bits per heavy atom. The van der Waals surface area contributed by atoms with E-state index in [2.05, 4.69) is 20.6 Å². The molecule has 0 atom stereocenters. The molecule has 0 aliphatic rings. The molecule has 12 heteroatoms. The van der Waals surface area contributed by atoms with Gasteiger partial charge in [0.1, 0.15) is 15.9 Å². The SMILES string of the molecule is O=C([O-])c1ccc(Nc2nccc(Nc3ccc(S(=O)(=O)[O-])cc3)n2)cc1.[K+].[K+]. The molecule has 138 valence electrons. The molecule has 0 fully saturated rings. The van der Waals surface area contributed by atoms with Crippen LogP contribution in [0.15, 0.2) is 65.7 Å². The van der Waals surface area contributed by atoms with Gasteiger partial charge in [0.2, 0.25) is 5.95 Å². The van der Waals surface area contributed by atoms with Gasteiger partial charge in [-0.25, -0.2) is 13.4 Å². The summed E-state index contributed by atoms with van der Waals surface area (Å²) < 4.78 is 32.8. The van der Waals surface area contributed by atoms with Crippen LogP contribution in [0.1, 0.15) is 10.4 Å². The fourth-order valence-corrected chi connectivity index (χ4v) is 2.63. The Kier molecular flexibility index (Phi) is 11.1.